The molecular weight excluding hydrogens is 392 g/mol. The zero-order valence-corrected chi connectivity index (χ0v) is 17.7. The van der Waals surface area contributed by atoms with Crippen molar-refractivity contribution in [3.05, 3.63) is 48.0 Å². The molecule has 0 bridgehead atoms. The summed E-state index contributed by atoms with van der Waals surface area (Å²) in [5, 5.41) is 2.82. The second-order valence-corrected chi connectivity index (χ2v) is 8.71. The number of ether oxygens (including phenoxy) is 2. The lowest BCUT2D eigenvalue weighted by molar-refractivity contribution is -0.119. The first-order valence-corrected chi connectivity index (χ1v) is 11.0. The summed E-state index contributed by atoms with van der Waals surface area (Å²) in [5.41, 5.74) is 1.21. The summed E-state index contributed by atoms with van der Waals surface area (Å²) in [7, 11) is -2.34. The van der Waals surface area contributed by atoms with E-state index in [1.165, 1.54) is 17.5 Å². The number of benzene rings is 2. The van der Waals surface area contributed by atoms with Crippen LogP contribution in [0.1, 0.15) is 25.3 Å². The Balaban J connectivity index is 1.80. The van der Waals surface area contributed by atoms with Crippen LogP contribution in [0.5, 0.6) is 11.5 Å². The first-order valence-electron chi connectivity index (χ1n) is 9.57. The molecule has 0 aliphatic carbocycles. The van der Waals surface area contributed by atoms with Crippen LogP contribution in [0.15, 0.2) is 47.4 Å². The Morgan fingerprint density at radius 1 is 1.17 bits per heavy atom. The molecule has 1 fully saturated rings. The summed E-state index contributed by atoms with van der Waals surface area (Å²) in [6, 6.07) is 11.2. The number of nitrogens with one attached hydrogen (secondary N) is 1. The van der Waals surface area contributed by atoms with Gasteiger partial charge in [0.25, 0.3) is 0 Å². The van der Waals surface area contributed by atoms with Gasteiger partial charge >= 0.3 is 0 Å². The van der Waals surface area contributed by atoms with Gasteiger partial charge in [0.05, 0.1) is 18.6 Å². The molecule has 1 aliphatic rings. The number of hydrogen-bond donors (Lipinski definition) is 1. The van der Waals surface area contributed by atoms with Crippen molar-refractivity contribution < 1.29 is 22.7 Å². The minimum absolute atomic E-state index is 0.164. The van der Waals surface area contributed by atoms with Gasteiger partial charge in [-0.15, -0.1) is 0 Å². The van der Waals surface area contributed by atoms with E-state index >= 15 is 0 Å². The third kappa shape index (κ3) is 4.54. The highest BCUT2D eigenvalue weighted by molar-refractivity contribution is 7.89. The predicted molar refractivity (Wildman–Crippen MR) is 111 cm³/mol. The molecular formula is C21H26N2O5S. The molecule has 156 valence electrons. The van der Waals surface area contributed by atoms with Gasteiger partial charge in [0.15, 0.2) is 0 Å². The average Bonchev–Trinajstić information content (AvgIpc) is 3.21. The maximum absolute atomic E-state index is 13.3. The van der Waals surface area contributed by atoms with E-state index in [9.17, 15) is 13.2 Å². The van der Waals surface area contributed by atoms with Gasteiger partial charge in [0.1, 0.15) is 17.5 Å². The smallest absolute Gasteiger partial charge is 0.244 e. The van der Waals surface area contributed by atoms with Crippen molar-refractivity contribution in [2.75, 3.05) is 25.6 Å². The standard InChI is InChI=1S/C21H26N2O5S/c1-4-28-17-11-8-16(9-12-17)22-21(24)19-6-5-13-23(19)29(25,26)20-14-18(27-3)10-7-15(20)2/h7-12,14,19H,4-6,13H2,1-3H3,(H,22,24)/t19-/m0/s1. The highest BCUT2D eigenvalue weighted by Gasteiger charge is 2.40. The molecule has 0 radical (unpaired) electrons. The predicted octanol–water partition coefficient (Wildman–Crippen LogP) is 3.19. The molecule has 1 heterocycles. The van der Waals surface area contributed by atoms with Crippen molar-refractivity contribution in [2.24, 2.45) is 0 Å². The molecule has 0 saturated carbocycles. The summed E-state index contributed by atoms with van der Waals surface area (Å²) in [6.45, 7) is 4.50. The SMILES string of the molecule is CCOc1ccc(NC(=O)[C@@H]2CCCN2S(=O)(=O)c2cc(OC)ccc2C)cc1. The van der Waals surface area contributed by atoms with Crippen LogP contribution in [0, 0.1) is 6.92 Å². The number of nitrogens with zero attached hydrogens (tertiary/aromatic N) is 1. The van der Waals surface area contributed by atoms with E-state index in [0.717, 1.165) is 0 Å². The maximum atomic E-state index is 13.3. The molecule has 1 amide bonds. The topological polar surface area (TPSA) is 84.9 Å². The molecule has 1 aliphatic heterocycles. The van der Waals surface area contributed by atoms with Crippen molar-refractivity contribution in [1.29, 1.82) is 0 Å². The molecule has 2 aromatic carbocycles. The van der Waals surface area contributed by atoms with Crippen LogP contribution in [0.3, 0.4) is 0 Å². The van der Waals surface area contributed by atoms with Gasteiger partial charge in [-0.25, -0.2) is 8.42 Å². The number of rotatable bonds is 7. The normalized spacial score (nSPS) is 17.1. The Morgan fingerprint density at radius 3 is 2.52 bits per heavy atom. The number of carbonyl (C=O) groups is 1. The molecule has 29 heavy (non-hydrogen) atoms. The minimum atomic E-state index is -3.83. The average molecular weight is 419 g/mol. The van der Waals surface area contributed by atoms with Gasteiger partial charge in [0, 0.05) is 18.3 Å². The summed E-state index contributed by atoms with van der Waals surface area (Å²) < 4.78 is 38.4. The van der Waals surface area contributed by atoms with E-state index in [0.29, 0.717) is 48.7 Å². The van der Waals surface area contributed by atoms with Crippen LogP contribution in [0.25, 0.3) is 0 Å². The third-order valence-corrected chi connectivity index (χ3v) is 6.97. The van der Waals surface area contributed by atoms with E-state index in [1.807, 2.05) is 6.92 Å². The first kappa shape index (κ1) is 21.1. The Kier molecular flexibility index (Phi) is 6.44. The number of amides is 1. The largest absolute Gasteiger partial charge is 0.497 e. The minimum Gasteiger partial charge on any atom is -0.497 e. The van der Waals surface area contributed by atoms with E-state index in [-0.39, 0.29) is 10.8 Å². The lowest BCUT2D eigenvalue weighted by Crippen LogP contribution is -2.43. The lowest BCUT2D eigenvalue weighted by atomic mass is 10.2. The van der Waals surface area contributed by atoms with Crippen LogP contribution in [0.4, 0.5) is 5.69 Å². The van der Waals surface area contributed by atoms with Gasteiger partial charge in [0.2, 0.25) is 15.9 Å². The number of methoxy groups -OCH3 is 1. The van der Waals surface area contributed by atoms with Gasteiger partial charge in [-0.3, -0.25) is 4.79 Å². The molecule has 1 saturated heterocycles. The number of aryl methyl sites for hydroxylation is 1. The fourth-order valence-electron chi connectivity index (χ4n) is 3.43. The van der Waals surface area contributed by atoms with Crippen molar-refractivity contribution in [1.82, 2.24) is 4.31 Å². The molecule has 0 aromatic heterocycles. The molecule has 0 spiro atoms. The van der Waals surface area contributed by atoms with Crippen LogP contribution >= 0.6 is 0 Å². The quantitative estimate of drug-likeness (QED) is 0.746. The highest BCUT2D eigenvalue weighted by atomic mass is 32.2. The molecule has 3 rings (SSSR count). The number of carbonyl (C=O) groups excluding carboxylic acids is 1. The molecule has 1 atom stereocenters. The van der Waals surface area contributed by atoms with E-state index in [4.69, 9.17) is 9.47 Å². The lowest BCUT2D eigenvalue weighted by Gasteiger charge is -2.24. The van der Waals surface area contributed by atoms with Crippen LogP contribution in [-0.2, 0) is 14.8 Å². The zero-order chi connectivity index (χ0) is 21.0. The molecule has 2 aromatic rings. The summed E-state index contributed by atoms with van der Waals surface area (Å²) in [6.07, 6.45) is 1.11. The molecule has 1 N–H and O–H groups in total. The van der Waals surface area contributed by atoms with Crippen LogP contribution < -0.4 is 14.8 Å². The van der Waals surface area contributed by atoms with Gasteiger partial charge in [-0.05, 0) is 62.6 Å². The fraction of sp³-hybridized carbons (Fsp3) is 0.381. The molecule has 7 nitrogen and oxygen atoms in total. The Labute approximate surface area is 171 Å². The second-order valence-electron chi connectivity index (χ2n) is 6.85. The van der Waals surface area contributed by atoms with Gasteiger partial charge in [-0.2, -0.15) is 4.31 Å². The van der Waals surface area contributed by atoms with E-state index in [1.54, 1.807) is 43.3 Å². The molecule has 0 unspecified atom stereocenters. The van der Waals surface area contributed by atoms with Gasteiger partial charge < -0.3 is 14.8 Å². The zero-order valence-electron chi connectivity index (χ0n) is 16.8. The van der Waals surface area contributed by atoms with Crippen LogP contribution in [-0.4, -0.2) is 44.9 Å². The number of sulfonamides is 1. The number of anilines is 1. The van der Waals surface area contributed by atoms with Crippen molar-refractivity contribution in [2.45, 2.75) is 37.6 Å². The summed E-state index contributed by atoms with van der Waals surface area (Å²) in [5.74, 6) is 0.837. The van der Waals surface area contributed by atoms with E-state index in [2.05, 4.69) is 5.32 Å². The monoisotopic (exact) mass is 418 g/mol. The second kappa shape index (κ2) is 8.84. The van der Waals surface area contributed by atoms with Crippen molar-refractivity contribution in [3.8, 4) is 11.5 Å². The highest BCUT2D eigenvalue weighted by Crippen LogP contribution is 2.30. The Hall–Kier alpha value is -2.58. The van der Waals surface area contributed by atoms with Crippen LogP contribution in [0.2, 0.25) is 0 Å². The fourth-order valence-corrected chi connectivity index (χ4v) is 5.33. The summed E-state index contributed by atoms with van der Waals surface area (Å²) in [4.78, 5) is 13.0. The Morgan fingerprint density at radius 2 is 1.86 bits per heavy atom. The number of hydrogen-bond acceptors (Lipinski definition) is 5. The van der Waals surface area contributed by atoms with Crippen molar-refractivity contribution >= 4 is 21.6 Å². The third-order valence-electron chi connectivity index (χ3n) is 4.92. The molecule has 8 heteroatoms. The van der Waals surface area contributed by atoms with Crippen molar-refractivity contribution in [3.63, 3.8) is 0 Å². The van der Waals surface area contributed by atoms with Gasteiger partial charge in [-0.1, -0.05) is 6.07 Å². The van der Waals surface area contributed by atoms with E-state index < -0.39 is 16.1 Å². The summed E-state index contributed by atoms with van der Waals surface area (Å²) >= 11 is 0. The first-order chi connectivity index (χ1) is 13.9. The Bertz CT molecular complexity index is 973. The maximum Gasteiger partial charge on any atom is 0.244 e.